The van der Waals surface area contributed by atoms with Crippen LogP contribution >= 0.6 is 11.3 Å². The summed E-state index contributed by atoms with van der Waals surface area (Å²) in [6.07, 6.45) is -4.64. The molecule has 1 N–H and O–H groups in total. The number of aromatic nitrogens is 1. The van der Waals surface area contributed by atoms with Gasteiger partial charge in [0.15, 0.2) is 0 Å². The average Bonchev–Trinajstić information content (AvgIpc) is 2.85. The maximum atomic E-state index is 12.9. The number of ether oxygens (including phenoxy) is 1. The van der Waals surface area contributed by atoms with Crippen molar-refractivity contribution in [2.75, 3.05) is 12.4 Å². The summed E-state index contributed by atoms with van der Waals surface area (Å²) >= 11 is 0.901. The van der Waals surface area contributed by atoms with Gasteiger partial charge in [-0.05, 0) is 25.1 Å². The molecule has 6 nitrogen and oxygen atoms in total. The quantitative estimate of drug-likeness (QED) is 0.835. The van der Waals surface area contributed by atoms with E-state index in [0.29, 0.717) is 11.8 Å². The lowest BCUT2D eigenvalue weighted by Crippen LogP contribution is -2.26. The molecular weight excluding hydrogens is 361 g/mol. The summed E-state index contributed by atoms with van der Waals surface area (Å²) < 4.78 is 44.2. The van der Waals surface area contributed by atoms with E-state index in [1.54, 1.807) is 12.3 Å². The fraction of sp³-hybridized carbons (Fsp3) is 0.267. The van der Waals surface area contributed by atoms with Crippen molar-refractivity contribution >= 4 is 28.9 Å². The van der Waals surface area contributed by atoms with Crippen molar-refractivity contribution in [3.8, 4) is 0 Å². The molecule has 0 spiro atoms. The predicted molar refractivity (Wildman–Crippen MR) is 84.7 cm³/mol. The van der Waals surface area contributed by atoms with Gasteiger partial charge in [0.25, 0.3) is 0 Å². The number of benzene rings is 1. The van der Waals surface area contributed by atoms with E-state index in [1.165, 1.54) is 4.57 Å². The molecule has 2 rings (SSSR count). The smallest absolute Gasteiger partial charge is 0.416 e. The Morgan fingerprint density at radius 1 is 1.32 bits per heavy atom. The number of carbonyl (C=O) groups is 2. The molecule has 2 aromatic rings. The molecule has 0 saturated heterocycles. The number of aryl methyl sites for hydroxylation is 1. The second-order valence-corrected chi connectivity index (χ2v) is 5.85. The molecule has 1 aromatic carbocycles. The Kier molecular flexibility index (Phi) is 5.31. The van der Waals surface area contributed by atoms with Crippen LogP contribution in [0.5, 0.6) is 0 Å². The molecule has 0 aliphatic rings. The zero-order chi connectivity index (χ0) is 18.8. The molecule has 0 unspecified atom stereocenters. The number of methoxy groups -OCH3 is 1. The number of hydrogen-bond acceptors (Lipinski definition) is 5. The Labute approximate surface area is 143 Å². The Morgan fingerprint density at radius 2 is 2.00 bits per heavy atom. The molecule has 25 heavy (non-hydrogen) atoms. The number of nitrogens with one attached hydrogen (secondary N) is 1. The second-order valence-electron chi connectivity index (χ2n) is 5.03. The van der Waals surface area contributed by atoms with Crippen LogP contribution in [0.15, 0.2) is 28.4 Å². The van der Waals surface area contributed by atoms with Crippen LogP contribution in [0.3, 0.4) is 0 Å². The summed E-state index contributed by atoms with van der Waals surface area (Å²) in [5, 5.41) is 3.79. The molecule has 0 saturated carbocycles. The fourth-order valence-electron chi connectivity index (χ4n) is 2.04. The third kappa shape index (κ3) is 4.27. The highest BCUT2D eigenvalue weighted by molar-refractivity contribution is 7.07. The van der Waals surface area contributed by atoms with Gasteiger partial charge in [0.05, 0.1) is 23.9 Å². The van der Waals surface area contributed by atoms with E-state index in [4.69, 9.17) is 0 Å². The zero-order valence-electron chi connectivity index (χ0n) is 13.1. The van der Waals surface area contributed by atoms with Crippen LogP contribution in [-0.4, -0.2) is 23.6 Å². The topological polar surface area (TPSA) is 77.4 Å². The minimum atomic E-state index is -4.64. The summed E-state index contributed by atoms with van der Waals surface area (Å²) in [6.45, 7) is 1.24. The minimum absolute atomic E-state index is 0.224. The molecule has 0 aliphatic heterocycles. The summed E-state index contributed by atoms with van der Waals surface area (Å²) in [6, 6.07) is 2.29. The summed E-state index contributed by atoms with van der Waals surface area (Å²) in [4.78, 5) is 35.0. The molecule has 1 heterocycles. The van der Waals surface area contributed by atoms with Crippen molar-refractivity contribution in [1.82, 2.24) is 4.57 Å². The number of anilines is 1. The number of alkyl halides is 3. The maximum Gasteiger partial charge on any atom is 0.416 e. The standard InChI is InChI=1S/C15H13F3N2O4S/c1-8-7-25-14(23)20(8)6-12(21)19-11-5-9(15(16,17)18)3-4-10(11)13(22)24-2/h3-5,7H,6H2,1-2H3,(H,19,21). The van der Waals surface area contributed by atoms with Crippen molar-refractivity contribution in [2.45, 2.75) is 19.6 Å². The van der Waals surface area contributed by atoms with Crippen LogP contribution in [0.4, 0.5) is 18.9 Å². The van der Waals surface area contributed by atoms with E-state index in [-0.39, 0.29) is 22.7 Å². The van der Waals surface area contributed by atoms with Gasteiger partial charge in [-0.15, -0.1) is 0 Å². The molecule has 1 amide bonds. The first-order valence-electron chi connectivity index (χ1n) is 6.88. The summed E-state index contributed by atoms with van der Waals surface area (Å²) in [5.41, 5.74) is -1.05. The largest absolute Gasteiger partial charge is 0.465 e. The number of rotatable bonds is 4. The number of amides is 1. The van der Waals surface area contributed by atoms with E-state index in [9.17, 15) is 27.6 Å². The maximum absolute atomic E-state index is 12.9. The molecule has 0 bridgehead atoms. The SMILES string of the molecule is COC(=O)c1ccc(C(F)(F)F)cc1NC(=O)Cn1c(C)csc1=O. The van der Waals surface area contributed by atoms with Crippen LogP contribution in [-0.2, 0) is 22.3 Å². The van der Waals surface area contributed by atoms with Gasteiger partial charge in [-0.1, -0.05) is 11.3 Å². The van der Waals surface area contributed by atoms with E-state index >= 15 is 0 Å². The van der Waals surface area contributed by atoms with E-state index in [0.717, 1.165) is 30.6 Å². The van der Waals surface area contributed by atoms with Crippen molar-refractivity contribution in [3.05, 3.63) is 50.1 Å². The molecule has 0 aliphatic carbocycles. The number of halogens is 3. The highest BCUT2D eigenvalue weighted by atomic mass is 32.1. The van der Waals surface area contributed by atoms with Crippen LogP contribution < -0.4 is 10.2 Å². The van der Waals surface area contributed by atoms with Crippen molar-refractivity contribution < 1.29 is 27.5 Å². The predicted octanol–water partition coefficient (Wildman–Crippen LogP) is 2.66. The van der Waals surface area contributed by atoms with Gasteiger partial charge in [-0.3, -0.25) is 14.2 Å². The molecule has 0 radical (unpaired) electrons. The normalized spacial score (nSPS) is 11.2. The lowest BCUT2D eigenvalue weighted by atomic mass is 10.1. The van der Waals surface area contributed by atoms with Gasteiger partial charge in [0.2, 0.25) is 5.91 Å². The average molecular weight is 374 g/mol. The fourth-order valence-corrected chi connectivity index (χ4v) is 2.78. The minimum Gasteiger partial charge on any atom is -0.465 e. The summed E-state index contributed by atoms with van der Waals surface area (Å²) in [5.74, 6) is -1.64. The molecule has 10 heteroatoms. The van der Waals surface area contributed by atoms with Gasteiger partial charge in [-0.25, -0.2) is 4.79 Å². The first kappa shape index (κ1) is 18.7. The Balaban J connectivity index is 2.34. The van der Waals surface area contributed by atoms with Gasteiger partial charge in [-0.2, -0.15) is 13.2 Å². The molecule has 0 fully saturated rings. The molecule has 134 valence electrons. The van der Waals surface area contributed by atoms with Gasteiger partial charge in [0, 0.05) is 11.1 Å². The monoisotopic (exact) mass is 374 g/mol. The number of carbonyl (C=O) groups excluding carboxylic acids is 2. The van der Waals surface area contributed by atoms with E-state index in [2.05, 4.69) is 10.1 Å². The molecular formula is C15H13F3N2O4S. The zero-order valence-corrected chi connectivity index (χ0v) is 14.0. The van der Waals surface area contributed by atoms with Gasteiger partial charge < -0.3 is 10.1 Å². The van der Waals surface area contributed by atoms with Crippen LogP contribution in [0.25, 0.3) is 0 Å². The van der Waals surface area contributed by atoms with E-state index < -0.39 is 23.6 Å². The van der Waals surface area contributed by atoms with Crippen LogP contribution in [0, 0.1) is 6.92 Å². The van der Waals surface area contributed by atoms with Crippen LogP contribution in [0.1, 0.15) is 21.6 Å². The van der Waals surface area contributed by atoms with E-state index in [1.807, 2.05) is 0 Å². The first-order chi connectivity index (χ1) is 11.6. The third-order valence-corrected chi connectivity index (χ3v) is 4.19. The molecule has 0 atom stereocenters. The van der Waals surface area contributed by atoms with Gasteiger partial charge in [0.1, 0.15) is 6.54 Å². The van der Waals surface area contributed by atoms with Crippen molar-refractivity contribution in [3.63, 3.8) is 0 Å². The third-order valence-electron chi connectivity index (χ3n) is 3.30. The highest BCUT2D eigenvalue weighted by Gasteiger charge is 2.32. The van der Waals surface area contributed by atoms with Crippen LogP contribution in [0.2, 0.25) is 0 Å². The highest BCUT2D eigenvalue weighted by Crippen LogP contribution is 2.32. The number of hydrogen-bond donors (Lipinski definition) is 1. The lowest BCUT2D eigenvalue weighted by Gasteiger charge is -2.14. The van der Waals surface area contributed by atoms with Crippen molar-refractivity contribution in [1.29, 1.82) is 0 Å². The Morgan fingerprint density at radius 3 is 2.52 bits per heavy atom. The lowest BCUT2D eigenvalue weighted by molar-refractivity contribution is -0.137. The second kappa shape index (κ2) is 7.09. The number of esters is 1. The number of nitrogens with zero attached hydrogens (tertiary/aromatic N) is 1. The molecule has 1 aromatic heterocycles. The number of thiazole rings is 1. The Bertz CT molecular complexity index is 870. The van der Waals surface area contributed by atoms with Gasteiger partial charge >= 0.3 is 17.0 Å². The summed E-state index contributed by atoms with van der Waals surface area (Å²) in [7, 11) is 1.07. The Hall–Kier alpha value is -2.62. The first-order valence-corrected chi connectivity index (χ1v) is 7.75. The van der Waals surface area contributed by atoms with Crippen molar-refractivity contribution in [2.24, 2.45) is 0 Å².